The van der Waals surface area contributed by atoms with Crippen LogP contribution in [0, 0.1) is 0 Å². The molecule has 4 aliphatic heterocycles. The van der Waals surface area contributed by atoms with Crippen LogP contribution in [0.1, 0.15) is 63.1 Å². The minimum absolute atomic E-state index is 0.133. The van der Waals surface area contributed by atoms with E-state index >= 15 is 0 Å². The summed E-state index contributed by atoms with van der Waals surface area (Å²) in [5.41, 5.74) is 0.529. The Kier molecular flexibility index (Phi) is 7.37. The van der Waals surface area contributed by atoms with E-state index < -0.39 is 23.6 Å². The van der Waals surface area contributed by atoms with E-state index in [0.29, 0.717) is 69.6 Å². The summed E-state index contributed by atoms with van der Waals surface area (Å²) in [5.74, 6) is -0.0230. The minimum atomic E-state index is -4.71. The lowest BCUT2D eigenvalue weighted by molar-refractivity contribution is -0.143. The van der Waals surface area contributed by atoms with E-state index in [9.17, 15) is 18.0 Å². The van der Waals surface area contributed by atoms with Crippen LogP contribution in [0.3, 0.4) is 0 Å². The number of carbonyl (C=O) groups excluding carboxylic acids is 1. The number of alkyl halides is 3. The molecule has 2 atom stereocenters. The van der Waals surface area contributed by atoms with Gasteiger partial charge in [-0.1, -0.05) is 0 Å². The van der Waals surface area contributed by atoms with Crippen molar-refractivity contribution in [1.82, 2.24) is 19.8 Å². The summed E-state index contributed by atoms with van der Waals surface area (Å²) < 4.78 is 60.2. The number of aromatic nitrogens is 2. The van der Waals surface area contributed by atoms with Crippen molar-refractivity contribution in [3.8, 4) is 5.75 Å². The van der Waals surface area contributed by atoms with Crippen LogP contribution in [0.25, 0.3) is 0 Å². The maximum Gasteiger partial charge on any atom is 0.437 e. The molecule has 0 aromatic carbocycles. The van der Waals surface area contributed by atoms with Gasteiger partial charge in [0.1, 0.15) is 17.5 Å². The lowest BCUT2D eigenvalue weighted by atomic mass is 9.92. The molecular formula is C29H37F3N6O4. The van der Waals surface area contributed by atoms with Gasteiger partial charge in [-0.25, -0.2) is 14.8 Å². The second-order valence-corrected chi connectivity index (χ2v) is 12.4. The van der Waals surface area contributed by atoms with E-state index in [1.165, 1.54) is 0 Å². The Morgan fingerprint density at radius 3 is 2.55 bits per heavy atom. The zero-order valence-electron chi connectivity index (χ0n) is 24.3. The van der Waals surface area contributed by atoms with Crippen molar-refractivity contribution in [3.05, 3.63) is 35.3 Å². The molecule has 1 N–H and O–H groups in total. The van der Waals surface area contributed by atoms with Crippen molar-refractivity contribution < 1.29 is 32.2 Å². The van der Waals surface area contributed by atoms with E-state index in [1.807, 2.05) is 26.8 Å². The predicted octanol–water partition coefficient (Wildman–Crippen LogP) is 4.94. The van der Waals surface area contributed by atoms with Crippen LogP contribution in [-0.4, -0.2) is 90.0 Å². The van der Waals surface area contributed by atoms with Gasteiger partial charge in [0.2, 0.25) is 0 Å². The van der Waals surface area contributed by atoms with Gasteiger partial charge in [0.25, 0.3) is 0 Å². The number of rotatable bonds is 3. The highest BCUT2D eigenvalue weighted by Crippen LogP contribution is 2.48. The fraction of sp³-hybridized carbons (Fsp3) is 0.621. The highest BCUT2D eigenvalue weighted by molar-refractivity contribution is 5.75. The van der Waals surface area contributed by atoms with E-state index in [1.54, 1.807) is 24.1 Å². The van der Waals surface area contributed by atoms with Crippen molar-refractivity contribution in [2.75, 3.05) is 62.7 Å². The van der Waals surface area contributed by atoms with Crippen LogP contribution >= 0.6 is 0 Å². The van der Waals surface area contributed by atoms with Gasteiger partial charge in [-0.2, -0.15) is 13.2 Å². The Balaban J connectivity index is 1.22. The van der Waals surface area contributed by atoms with Crippen LogP contribution in [-0.2, 0) is 15.7 Å². The van der Waals surface area contributed by atoms with E-state index in [4.69, 9.17) is 14.2 Å². The van der Waals surface area contributed by atoms with Crippen molar-refractivity contribution in [2.45, 2.75) is 64.0 Å². The molecule has 0 spiro atoms. The smallest absolute Gasteiger partial charge is 0.437 e. The molecule has 3 fully saturated rings. The van der Waals surface area contributed by atoms with Gasteiger partial charge in [-0.3, -0.25) is 4.90 Å². The summed E-state index contributed by atoms with van der Waals surface area (Å²) in [6.07, 6.45) is -3.29. The SMILES string of the molecule is C[C@H]1Oc2c(cc(C3CN([C@@H]4CCN(C(=O)OC(C)(C)C)C4)C3)nc2C(F)(F)F)Nc2nccc(N3CCOCC3)c21. The number of morpholine rings is 1. The second kappa shape index (κ2) is 10.7. The molecule has 2 aromatic heterocycles. The van der Waals surface area contributed by atoms with Crippen molar-refractivity contribution in [2.24, 2.45) is 0 Å². The number of amides is 1. The lowest BCUT2D eigenvalue weighted by Crippen LogP contribution is -2.52. The topological polar surface area (TPSA) is 92.3 Å². The third kappa shape index (κ3) is 5.68. The summed E-state index contributed by atoms with van der Waals surface area (Å²) in [5, 5.41) is 3.17. The van der Waals surface area contributed by atoms with Gasteiger partial charge in [-0.15, -0.1) is 0 Å². The molecule has 0 saturated carbocycles. The third-order valence-electron chi connectivity index (χ3n) is 8.19. The first-order valence-corrected chi connectivity index (χ1v) is 14.5. The molecule has 0 aliphatic carbocycles. The Bertz CT molecular complexity index is 1340. The monoisotopic (exact) mass is 590 g/mol. The molecule has 2 aromatic rings. The van der Waals surface area contributed by atoms with E-state index in [-0.39, 0.29) is 29.5 Å². The largest absolute Gasteiger partial charge is 0.481 e. The van der Waals surface area contributed by atoms with Crippen LogP contribution in [0.5, 0.6) is 5.75 Å². The highest BCUT2D eigenvalue weighted by Gasteiger charge is 2.44. The Morgan fingerprint density at radius 1 is 1.12 bits per heavy atom. The highest BCUT2D eigenvalue weighted by atomic mass is 19.4. The maximum atomic E-state index is 14.4. The van der Waals surface area contributed by atoms with E-state index in [0.717, 1.165) is 12.1 Å². The maximum absolute atomic E-state index is 14.4. The first kappa shape index (κ1) is 28.8. The van der Waals surface area contributed by atoms with Crippen molar-refractivity contribution in [3.63, 3.8) is 0 Å². The fourth-order valence-corrected chi connectivity index (χ4v) is 6.10. The number of anilines is 3. The zero-order chi connectivity index (χ0) is 29.8. The summed E-state index contributed by atoms with van der Waals surface area (Å²) >= 11 is 0. The standard InChI is InChI=1S/C29H37F3N6O4/c1-17-23-22(36-9-11-40-12-10-36)5-7-33-26(23)35-21-13-20(34-25(24(21)41-17)29(30,31)32)18-14-38(15-18)19-6-8-37(16-19)27(39)42-28(2,3)4/h5,7,13,17-19H,6,8-12,14-16H2,1-4H3,(H,33,35)/t17-,19-/m1/s1. The number of hydrogen-bond acceptors (Lipinski definition) is 9. The normalized spacial score (nSPS) is 23.3. The number of pyridine rings is 2. The molecule has 42 heavy (non-hydrogen) atoms. The summed E-state index contributed by atoms with van der Waals surface area (Å²) in [6, 6.07) is 3.67. The molecule has 6 rings (SSSR count). The molecule has 3 saturated heterocycles. The average Bonchev–Trinajstić information content (AvgIpc) is 3.32. The van der Waals surface area contributed by atoms with Crippen LogP contribution in [0.2, 0.25) is 0 Å². The second-order valence-electron chi connectivity index (χ2n) is 12.4. The first-order valence-electron chi connectivity index (χ1n) is 14.5. The van der Waals surface area contributed by atoms with Gasteiger partial charge in [0.05, 0.1) is 24.5 Å². The van der Waals surface area contributed by atoms with E-state index in [2.05, 4.69) is 25.1 Å². The molecule has 0 bridgehead atoms. The number of carbonyl (C=O) groups is 1. The molecule has 6 heterocycles. The van der Waals surface area contributed by atoms with Gasteiger partial charge in [0.15, 0.2) is 11.4 Å². The van der Waals surface area contributed by atoms with Crippen molar-refractivity contribution in [1.29, 1.82) is 0 Å². The molecule has 13 heteroatoms. The molecule has 0 unspecified atom stereocenters. The number of nitrogens with one attached hydrogen (secondary N) is 1. The van der Waals surface area contributed by atoms with Gasteiger partial charge in [-0.05, 0) is 46.2 Å². The molecule has 10 nitrogen and oxygen atoms in total. The summed E-state index contributed by atoms with van der Waals surface area (Å²) in [6.45, 7) is 12.0. The first-order chi connectivity index (χ1) is 19.9. The molecule has 228 valence electrons. The molecule has 1 amide bonds. The van der Waals surface area contributed by atoms with Gasteiger partial charge in [0, 0.05) is 68.8 Å². The minimum Gasteiger partial charge on any atom is -0.481 e. The number of likely N-dealkylation sites (tertiary alicyclic amines) is 2. The fourth-order valence-electron chi connectivity index (χ4n) is 6.10. The molecular weight excluding hydrogens is 553 g/mol. The number of halogens is 3. The predicted molar refractivity (Wildman–Crippen MR) is 149 cm³/mol. The quantitative estimate of drug-likeness (QED) is 0.534. The summed E-state index contributed by atoms with van der Waals surface area (Å²) in [4.78, 5) is 27.1. The number of hydrogen-bond donors (Lipinski definition) is 1. The van der Waals surface area contributed by atoms with Crippen LogP contribution in [0.4, 0.5) is 35.2 Å². The Labute approximate surface area is 243 Å². The lowest BCUT2D eigenvalue weighted by Gasteiger charge is -2.43. The molecule has 0 radical (unpaired) electrons. The van der Waals surface area contributed by atoms with Gasteiger partial charge >= 0.3 is 12.3 Å². The van der Waals surface area contributed by atoms with Crippen LogP contribution < -0.4 is 15.0 Å². The molecule has 4 aliphatic rings. The third-order valence-corrected chi connectivity index (χ3v) is 8.19. The Morgan fingerprint density at radius 2 is 1.86 bits per heavy atom. The number of fused-ring (bicyclic) bond motifs is 2. The number of nitrogens with zero attached hydrogens (tertiary/aromatic N) is 5. The zero-order valence-corrected chi connectivity index (χ0v) is 24.3. The van der Waals surface area contributed by atoms with Gasteiger partial charge < -0.3 is 29.3 Å². The van der Waals surface area contributed by atoms with Crippen LogP contribution in [0.15, 0.2) is 18.3 Å². The Hall–Kier alpha value is -3.32. The average molecular weight is 591 g/mol. The number of ether oxygens (including phenoxy) is 3. The van der Waals surface area contributed by atoms with Crippen molar-refractivity contribution >= 4 is 23.3 Å². The summed E-state index contributed by atoms with van der Waals surface area (Å²) in [7, 11) is 0.